The minimum Gasteiger partial charge on any atom is -0.402 e. The Morgan fingerprint density at radius 1 is 1.07 bits per heavy atom. The van der Waals surface area contributed by atoms with Gasteiger partial charge in [0, 0.05) is 43.5 Å². The predicted octanol–water partition coefficient (Wildman–Crippen LogP) is 3.11. The van der Waals surface area contributed by atoms with Gasteiger partial charge in [-0.3, -0.25) is 0 Å². The van der Waals surface area contributed by atoms with Crippen LogP contribution in [-0.4, -0.2) is 59.4 Å². The molecule has 1 N–H and O–H groups in total. The number of rotatable bonds is 2. The third-order valence-electron chi connectivity index (χ3n) is 5.03. The Morgan fingerprint density at radius 2 is 1.77 bits per heavy atom. The highest BCUT2D eigenvalue weighted by atomic mass is 16.6. The maximum atomic E-state index is 12.4. The molecule has 0 atom stereocenters. The zero-order valence-corrected chi connectivity index (χ0v) is 17.5. The number of benzene rings is 2. The van der Waals surface area contributed by atoms with Crippen LogP contribution >= 0.6 is 0 Å². The molecule has 0 radical (unpaired) electrons. The lowest BCUT2D eigenvalue weighted by Crippen LogP contribution is -2.54. The van der Waals surface area contributed by atoms with Crippen molar-refractivity contribution in [1.82, 2.24) is 15.1 Å². The maximum absolute atomic E-state index is 12.4. The minimum atomic E-state index is -0.453. The molecule has 7 heteroatoms. The second kappa shape index (κ2) is 7.82. The molecular weight excluding hydrogens is 380 g/mol. The Kier molecular flexibility index (Phi) is 5.20. The fraction of sp³-hybridized carbons (Fsp3) is 0.348. The van der Waals surface area contributed by atoms with Crippen LogP contribution in [0.3, 0.4) is 0 Å². The zero-order valence-electron chi connectivity index (χ0n) is 17.5. The van der Waals surface area contributed by atoms with Crippen LogP contribution in [0, 0.1) is 0 Å². The van der Waals surface area contributed by atoms with Gasteiger partial charge in [0.15, 0.2) is 5.70 Å². The lowest BCUT2D eigenvalue weighted by atomic mass is 10.0. The normalized spacial score (nSPS) is 18.6. The second-order valence-electron chi connectivity index (χ2n) is 8.55. The van der Waals surface area contributed by atoms with E-state index in [0.29, 0.717) is 32.1 Å². The molecule has 1 saturated heterocycles. The van der Waals surface area contributed by atoms with Gasteiger partial charge in [0.2, 0.25) is 5.90 Å². The van der Waals surface area contributed by atoms with E-state index < -0.39 is 5.97 Å². The van der Waals surface area contributed by atoms with Crippen LogP contribution in [0.2, 0.25) is 0 Å². The topological polar surface area (TPSA) is 74.2 Å². The highest BCUT2D eigenvalue weighted by molar-refractivity contribution is 6.16. The molecule has 0 spiro atoms. The summed E-state index contributed by atoms with van der Waals surface area (Å²) in [5, 5.41) is 5.04. The van der Waals surface area contributed by atoms with Gasteiger partial charge in [-0.05, 0) is 37.6 Å². The Labute approximate surface area is 176 Å². The van der Waals surface area contributed by atoms with E-state index >= 15 is 0 Å². The van der Waals surface area contributed by atoms with Gasteiger partial charge in [0.1, 0.15) is 0 Å². The number of fused-ring (bicyclic) bond motifs is 1. The monoisotopic (exact) mass is 406 g/mol. The first-order valence-electron chi connectivity index (χ1n) is 10.1. The molecule has 0 aromatic heterocycles. The molecule has 30 heavy (non-hydrogen) atoms. The molecular formula is C23H26N4O3. The smallest absolute Gasteiger partial charge is 0.365 e. The third kappa shape index (κ3) is 4.30. The summed E-state index contributed by atoms with van der Waals surface area (Å²) < 4.78 is 5.47. The summed E-state index contributed by atoms with van der Waals surface area (Å²) in [4.78, 5) is 33.0. The number of carbonyl (C=O) groups excluding carboxylic acids is 2. The number of esters is 1. The summed E-state index contributed by atoms with van der Waals surface area (Å²) in [7, 11) is 0. The first kappa shape index (κ1) is 19.9. The van der Waals surface area contributed by atoms with Crippen molar-refractivity contribution in [2.75, 3.05) is 26.2 Å². The number of urea groups is 1. The van der Waals surface area contributed by atoms with E-state index in [0.717, 1.165) is 16.3 Å². The van der Waals surface area contributed by atoms with E-state index in [1.165, 1.54) is 0 Å². The predicted molar refractivity (Wildman–Crippen MR) is 116 cm³/mol. The largest absolute Gasteiger partial charge is 0.402 e. The molecule has 1 fully saturated rings. The average molecular weight is 406 g/mol. The van der Waals surface area contributed by atoms with E-state index in [1.807, 2.05) is 68.1 Å². The molecule has 156 valence electrons. The number of aliphatic imine (C=N–C) groups is 1. The summed E-state index contributed by atoms with van der Waals surface area (Å²) in [6.07, 6.45) is 1.74. The van der Waals surface area contributed by atoms with Gasteiger partial charge in [-0.25, -0.2) is 14.6 Å². The zero-order chi connectivity index (χ0) is 21.3. The van der Waals surface area contributed by atoms with Gasteiger partial charge in [-0.1, -0.05) is 36.4 Å². The Balaban J connectivity index is 1.47. The number of piperazine rings is 1. The lowest BCUT2D eigenvalue weighted by Gasteiger charge is -2.35. The van der Waals surface area contributed by atoms with E-state index in [2.05, 4.69) is 10.3 Å². The van der Waals surface area contributed by atoms with Crippen molar-refractivity contribution < 1.29 is 14.3 Å². The number of amides is 2. The summed E-state index contributed by atoms with van der Waals surface area (Å²) in [6, 6.07) is 13.7. The fourth-order valence-electron chi connectivity index (χ4n) is 3.55. The van der Waals surface area contributed by atoms with E-state index in [-0.39, 0.29) is 17.3 Å². The number of nitrogens with one attached hydrogen (secondary N) is 1. The van der Waals surface area contributed by atoms with Crippen molar-refractivity contribution in [2.45, 2.75) is 26.3 Å². The van der Waals surface area contributed by atoms with Crippen LogP contribution in [0.15, 0.2) is 59.4 Å². The summed E-state index contributed by atoms with van der Waals surface area (Å²) in [5.74, 6) is -0.128. The van der Waals surface area contributed by atoms with Crippen LogP contribution in [0.4, 0.5) is 4.79 Å². The standard InChI is InChI=1S/C23H26N4O3/c1-23(2,3)25-22(29)27-13-11-26(12-14-27)15-19-21(28)30-20(24-19)18-10-6-8-16-7-4-5-9-17(16)18/h4-10,15H,11-14H2,1-3H3,(H,25,29)/b19-15+. The van der Waals surface area contributed by atoms with Crippen LogP contribution < -0.4 is 5.32 Å². The highest BCUT2D eigenvalue weighted by Crippen LogP contribution is 2.24. The Morgan fingerprint density at radius 3 is 2.50 bits per heavy atom. The third-order valence-corrected chi connectivity index (χ3v) is 5.03. The molecule has 2 amide bonds. The van der Waals surface area contributed by atoms with Gasteiger partial charge < -0.3 is 19.9 Å². The van der Waals surface area contributed by atoms with Gasteiger partial charge in [-0.2, -0.15) is 0 Å². The number of hydrogen-bond donors (Lipinski definition) is 1. The highest BCUT2D eigenvalue weighted by Gasteiger charge is 2.28. The Hall–Kier alpha value is -3.35. The van der Waals surface area contributed by atoms with E-state index in [4.69, 9.17) is 4.74 Å². The summed E-state index contributed by atoms with van der Waals surface area (Å²) in [5.41, 5.74) is 0.815. The van der Waals surface area contributed by atoms with Crippen LogP contribution in [0.1, 0.15) is 26.3 Å². The molecule has 0 saturated carbocycles. The van der Waals surface area contributed by atoms with E-state index in [1.54, 1.807) is 11.1 Å². The van der Waals surface area contributed by atoms with Gasteiger partial charge >= 0.3 is 12.0 Å². The quantitative estimate of drug-likeness (QED) is 0.614. The van der Waals surface area contributed by atoms with Crippen LogP contribution in [0.5, 0.6) is 0 Å². The summed E-state index contributed by atoms with van der Waals surface area (Å²) >= 11 is 0. The van der Waals surface area contributed by atoms with Crippen LogP contribution in [0.25, 0.3) is 10.8 Å². The summed E-state index contributed by atoms with van der Waals surface area (Å²) in [6.45, 7) is 8.32. The second-order valence-corrected chi connectivity index (χ2v) is 8.55. The Bertz CT molecular complexity index is 1040. The molecule has 7 nitrogen and oxygen atoms in total. The minimum absolute atomic E-state index is 0.0636. The lowest BCUT2D eigenvalue weighted by molar-refractivity contribution is -0.130. The molecule has 4 rings (SSSR count). The van der Waals surface area contributed by atoms with Gasteiger partial charge in [0.05, 0.1) is 0 Å². The van der Waals surface area contributed by atoms with Crippen molar-refractivity contribution in [1.29, 1.82) is 0 Å². The van der Waals surface area contributed by atoms with Crippen molar-refractivity contribution in [3.63, 3.8) is 0 Å². The molecule has 2 aliphatic heterocycles. The average Bonchev–Trinajstić information content (AvgIpc) is 3.07. The fourth-order valence-corrected chi connectivity index (χ4v) is 3.55. The molecule has 0 aliphatic carbocycles. The molecule has 2 aromatic rings. The number of nitrogens with zero attached hydrogens (tertiary/aromatic N) is 3. The first-order valence-corrected chi connectivity index (χ1v) is 10.1. The van der Waals surface area contributed by atoms with Crippen molar-refractivity contribution >= 4 is 28.7 Å². The number of hydrogen-bond acceptors (Lipinski definition) is 5. The molecule has 2 aliphatic rings. The molecule has 0 bridgehead atoms. The van der Waals surface area contributed by atoms with Crippen molar-refractivity contribution in [2.24, 2.45) is 4.99 Å². The van der Waals surface area contributed by atoms with Crippen molar-refractivity contribution in [3.05, 3.63) is 59.9 Å². The van der Waals surface area contributed by atoms with Gasteiger partial charge in [-0.15, -0.1) is 0 Å². The first-order chi connectivity index (χ1) is 14.3. The number of ether oxygens (including phenoxy) is 1. The van der Waals surface area contributed by atoms with E-state index in [9.17, 15) is 9.59 Å². The van der Waals surface area contributed by atoms with Gasteiger partial charge in [0.25, 0.3) is 0 Å². The molecule has 0 unspecified atom stereocenters. The SMILES string of the molecule is CC(C)(C)NC(=O)N1CCN(/C=C2/N=C(c3cccc4ccccc34)OC2=O)CC1. The number of cyclic esters (lactones) is 1. The number of carbonyl (C=O) groups is 2. The van der Waals surface area contributed by atoms with Crippen molar-refractivity contribution in [3.8, 4) is 0 Å². The molecule has 2 heterocycles. The molecule has 2 aromatic carbocycles. The van der Waals surface area contributed by atoms with Crippen LogP contribution in [-0.2, 0) is 9.53 Å². The maximum Gasteiger partial charge on any atom is 0.365 e.